The van der Waals surface area contributed by atoms with Gasteiger partial charge in [0.2, 0.25) is 5.30 Å². The third-order valence-corrected chi connectivity index (χ3v) is 4.00. The number of nitrogens with zero attached hydrogens (tertiary/aromatic N) is 1. The minimum atomic E-state index is -1.76. The maximum absolute atomic E-state index is 12.1. The van der Waals surface area contributed by atoms with E-state index in [9.17, 15) is 4.57 Å². The number of para-hydroxylation sites is 1. The summed E-state index contributed by atoms with van der Waals surface area (Å²) < 4.78 is 13.4. The zero-order chi connectivity index (χ0) is 11.4. The summed E-state index contributed by atoms with van der Waals surface area (Å²) in [4.78, 5) is 0. The lowest BCUT2D eigenvalue weighted by Gasteiger charge is -2.02. The second-order valence-corrected chi connectivity index (χ2v) is 5.24. The SMILES string of the molecule is O=[P+](c1ccccc1)N(Cl)c1ccccc1. The Hall–Kier alpha value is -1.37. The first kappa shape index (κ1) is 11.1. The maximum Gasteiger partial charge on any atom is 0.517 e. The van der Waals surface area contributed by atoms with Crippen molar-refractivity contribution in [3.05, 3.63) is 60.7 Å². The molecule has 0 aliphatic carbocycles. The highest BCUT2D eigenvalue weighted by molar-refractivity contribution is 7.57. The number of halogens is 1. The predicted molar refractivity (Wildman–Crippen MR) is 68.5 cm³/mol. The molecule has 2 rings (SSSR count). The van der Waals surface area contributed by atoms with E-state index in [-0.39, 0.29) is 0 Å². The van der Waals surface area contributed by atoms with E-state index in [0.29, 0.717) is 0 Å². The van der Waals surface area contributed by atoms with Gasteiger partial charge in [0.25, 0.3) is 0 Å². The molecule has 1 unspecified atom stereocenters. The maximum atomic E-state index is 12.1. The van der Waals surface area contributed by atoms with Gasteiger partial charge in [-0.05, 0) is 28.8 Å². The second kappa shape index (κ2) is 5.11. The summed E-state index contributed by atoms with van der Waals surface area (Å²) in [6.07, 6.45) is 0. The Morgan fingerprint density at radius 1 is 0.875 bits per heavy atom. The molecule has 0 heterocycles. The van der Waals surface area contributed by atoms with Crippen LogP contribution in [0.5, 0.6) is 0 Å². The first-order chi connectivity index (χ1) is 7.79. The van der Waals surface area contributed by atoms with Crippen molar-refractivity contribution in [2.45, 2.75) is 0 Å². The van der Waals surface area contributed by atoms with E-state index in [1.165, 1.54) is 4.19 Å². The minimum Gasteiger partial charge on any atom is -0.0667 e. The van der Waals surface area contributed by atoms with E-state index in [4.69, 9.17) is 11.8 Å². The smallest absolute Gasteiger partial charge is 0.0667 e. The molecular formula is C12H10ClNOP+. The Balaban J connectivity index is 2.24. The van der Waals surface area contributed by atoms with Crippen molar-refractivity contribution >= 4 is 30.7 Å². The Morgan fingerprint density at radius 3 is 1.94 bits per heavy atom. The molecule has 0 bridgehead atoms. The van der Waals surface area contributed by atoms with Gasteiger partial charge in [0, 0.05) is 0 Å². The van der Waals surface area contributed by atoms with Gasteiger partial charge in [-0.15, -0.1) is 0 Å². The number of hydrogen-bond donors (Lipinski definition) is 0. The zero-order valence-electron chi connectivity index (χ0n) is 8.45. The van der Waals surface area contributed by atoms with Crippen LogP contribution in [0.1, 0.15) is 0 Å². The molecule has 0 saturated carbocycles. The molecule has 0 aliphatic heterocycles. The van der Waals surface area contributed by atoms with Crippen LogP contribution in [-0.4, -0.2) is 0 Å². The van der Waals surface area contributed by atoms with Gasteiger partial charge in [-0.1, -0.05) is 40.6 Å². The lowest BCUT2D eigenvalue weighted by atomic mass is 10.3. The van der Waals surface area contributed by atoms with E-state index < -0.39 is 7.95 Å². The Kier molecular flexibility index (Phi) is 3.55. The largest absolute Gasteiger partial charge is 0.517 e. The van der Waals surface area contributed by atoms with E-state index in [1.54, 1.807) is 12.1 Å². The fraction of sp³-hybridized carbons (Fsp3) is 0. The van der Waals surface area contributed by atoms with Crippen LogP contribution < -0.4 is 9.49 Å². The lowest BCUT2D eigenvalue weighted by Crippen LogP contribution is -2.07. The summed E-state index contributed by atoms with van der Waals surface area (Å²) in [5, 5.41) is 0.719. The van der Waals surface area contributed by atoms with E-state index in [0.717, 1.165) is 11.0 Å². The van der Waals surface area contributed by atoms with Crippen molar-refractivity contribution in [1.29, 1.82) is 0 Å². The van der Waals surface area contributed by atoms with Gasteiger partial charge in [0.15, 0.2) is 0 Å². The van der Waals surface area contributed by atoms with Crippen LogP contribution in [0.15, 0.2) is 60.7 Å². The molecule has 0 aromatic heterocycles. The molecule has 16 heavy (non-hydrogen) atoms. The first-order valence-corrected chi connectivity index (χ1v) is 6.37. The average Bonchev–Trinajstić information content (AvgIpc) is 2.39. The number of hydrogen-bond acceptors (Lipinski definition) is 1. The highest BCUT2D eigenvalue weighted by Gasteiger charge is 2.29. The summed E-state index contributed by atoms with van der Waals surface area (Å²) in [5.41, 5.74) is 0.731. The monoisotopic (exact) mass is 250 g/mol. The molecule has 0 spiro atoms. The van der Waals surface area contributed by atoms with Crippen LogP contribution in [-0.2, 0) is 4.57 Å². The topological polar surface area (TPSA) is 20.3 Å². The summed E-state index contributed by atoms with van der Waals surface area (Å²) in [6.45, 7) is 0. The standard InChI is InChI=1S/C12H10ClNOP/c13-14(11-7-3-1-4-8-11)16(15)12-9-5-2-6-10-12/h1-10H/q+1. The Labute approximate surface area is 100 Å². The van der Waals surface area contributed by atoms with E-state index in [2.05, 4.69) is 0 Å². The van der Waals surface area contributed by atoms with Crippen LogP contribution in [0.25, 0.3) is 0 Å². The first-order valence-electron chi connectivity index (χ1n) is 4.82. The highest BCUT2D eigenvalue weighted by Crippen LogP contribution is 2.34. The van der Waals surface area contributed by atoms with Crippen molar-refractivity contribution in [3.63, 3.8) is 0 Å². The summed E-state index contributed by atoms with van der Waals surface area (Å²) in [5.74, 6) is 0. The van der Waals surface area contributed by atoms with Gasteiger partial charge in [0.05, 0.1) is 11.8 Å². The van der Waals surface area contributed by atoms with Gasteiger partial charge in [0.1, 0.15) is 5.69 Å². The van der Waals surface area contributed by atoms with Crippen molar-refractivity contribution in [3.8, 4) is 0 Å². The lowest BCUT2D eigenvalue weighted by molar-refractivity contribution is 0.594. The predicted octanol–water partition coefficient (Wildman–Crippen LogP) is 3.71. The molecule has 0 N–H and O–H groups in total. The minimum absolute atomic E-state index is 0.719. The molecular weight excluding hydrogens is 241 g/mol. The Bertz CT molecular complexity index is 475. The van der Waals surface area contributed by atoms with Gasteiger partial charge in [-0.25, -0.2) is 0 Å². The molecule has 4 heteroatoms. The van der Waals surface area contributed by atoms with Crippen LogP contribution in [0.3, 0.4) is 0 Å². The van der Waals surface area contributed by atoms with Gasteiger partial charge in [-0.2, -0.15) is 0 Å². The van der Waals surface area contributed by atoms with Crippen LogP contribution >= 0.6 is 19.7 Å². The third-order valence-electron chi connectivity index (χ3n) is 2.11. The third kappa shape index (κ3) is 2.41. The highest BCUT2D eigenvalue weighted by atomic mass is 35.5. The number of rotatable bonds is 3. The van der Waals surface area contributed by atoms with E-state index in [1.807, 2.05) is 48.5 Å². The van der Waals surface area contributed by atoms with Crippen LogP contribution in [0.4, 0.5) is 5.69 Å². The fourth-order valence-corrected chi connectivity index (χ4v) is 2.66. The molecule has 0 saturated heterocycles. The average molecular weight is 251 g/mol. The summed E-state index contributed by atoms with van der Waals surface area (Å²) >= 11 is 6.04. The van der Waals surface area contributed by atoms with Gasteiger partial charge in [-0.3, -0.25) is 0 Å². The van der Waals surface area contributed by atoms with E-state index >= 15 is 0 Å². The summed E-state index contributed by atoms with van der Waals surface area (Å²) in [7, 11) is -1.76. The fourth-order valence-electron chi connectivity index (χ4n) is 1.31. The van der Waals surface area contributed by atoms with Crippen LogP contribution in [0, 0.1) is 0 Å². The number of benzene rings is 2. The van der Waals surface area contributed by atoms with Gasteiger partial charge < -0.3 is 0 Å². The van der Waals surface area contributed by atoms with Crippen molar-refractivity contribution in [2.24, 2.45) is 0 Å². The quantitative estimate of drug-likeness (QED) is 0.611. The zero-order valence-corrected chi connectivity index (χ0v) is 10.1. The normalized spacial score (nSPS) is 10.9. The second-order valence-electron chi connectivity index (χ2n) is 3.20. The molecule has 0 amide bonds. The molecule has 0 radical (unpaired) electrons. The molecule has 80 valence electrons. The Morgan fingerprint density at radius 2 is 1.38 bits per heavy atom. The number of anilines is 1. The molecule has 0 aliphatic rings. The summed E-state index contributed by atoms with van der Waals surface area (Å²) in [6, 6.07) is 18.4. The molecule has 2 aromatic carbocycles. The molecule has 2 aromatic rings. The van der Waals surface area contributed by atoms with Crippen LogP contribution in [0.2, 0.25) is 0 Å². The van der Waals surface area contributed by atoms with Gasteiger partial charge >= 0.3 is 7.95 Å². The molecule has 1 atom stereocenters. The van der Waals surface area contributed by atoms with Crippen molar-refractivity contribution < 1.29 is 4.57 Å². The molecule has 0 fully saturated rings. The molecule has 2 nitrogen and oxygen atoms in total. The van der Waals surface area contributed by atoms with Crippen molar-refractivity contribution in [1.82, 2.24) is 0 Å². The van der Waals surface area contributed by atoms with Crippen molar-refractivity contribution in [2.75, 3.05) is 4.19 Å².